The Balaban J connectivity index is 1.80. The second-order valence-corrected chi connectivity index (χ2v) is 11.0. The maximum Gasteiger partial charge on any atom is 0.253 e. The van der Waals surface area contributed by atoms with Crippen LogP contribution in [-0.2, 0) is 6.42 Å². The van der Waals surface area contributed by atoms with Crippen molar-refractivity contribution in [3.63, 3.8) is 0 Å². The summed E-state index contributed by atoms with van der Waals surface area (Å²) in [5.74, 6) is -0.334. The molecule has 6 heteroatoms. The molecule has 0 saturated heterocycles. The third kappa shape index (κ3) is 7.30. The average Bonchev–Trinajstić information content (AvgIpc) is 2.75. The molecule has 186 valence electrons. The molecule has 1 atom stereocenters. The van der Waals surface area contributed by atoms with E-state index in [0.29, 0.717) is 23.2 Å². The van der Waals surface area contributed by atoms with Crippen LogP contribution >= 0.6 is 0 Å². The summed E-state index contributed by atoms with van der Waals surface area (Å²) >= 11 is 0. The first kappa shape index (κ1) is 26.2. The fourth-order valence-corrected chi connectivity index (χ4v) is 3.96. The second-order valence-electron chi connectivity index (χ2n) is 11.0. The summed E-state index contributed by atoms with van der Waals surface area (Å²) in [4.78, 5) is 26.0. The minimum atomic E-state index is -0.768. The number of anilines is 1. The summed E-state index contributed by atoms with van der Waals surface area (Å²) in [5.41, 5.74) is 1.79. The zero-order valence-corrected chi connectivity index (χ0v) is 21.5. The summed E-state index contributed by atoms with van der Waals surface area (Å²) in [6.07, 6.45) is -0.475. The quantitative estimate of drug-likeness (QED) is 0.391. The molecule has 2 amide bonds. The van der Waals surface area contributed by atoms with Crippen molar-refractivity contribution < 1.29 is 14.7 Å². The van der Waals surface area contributed by atoms with Crippen molar-refractivity contribution in [3.8, 4) is 0 Å². The third-order valence-electron chi connectivity index (χ3n) is 5.37. The van der Waals surface area contributed by atoms with Gasteiger partial charge in [0.2, 0.25) is 0 Å². The molecule has 0 heterocycles. The number of hydrogen-bond acceptors (Lipinski definition) is 4. The molecule has 0 bridgehead atoms. The van der Waals surface area contributed by atoms with Gasteiger partial charge in [-0.05, 0) is 70.0 Å². The SMILES string of the molecule is CC(C)(C)NC(=O)c1ccccc1NCC(O)Cc1ccc2ccccc2c1C(=O)NC(C)(C)C. The van der Waals surface area contributed by atoms with E-state index in [0.717, 1.165) is 16.3 Å². The van der Waals surface area contributed by atoms with Gasteiger partial charge in [0.25, 0.3) is 11.8 Å². The Kier molecular flexibility index (Phi) is 7.86. The van der Waals surface area contributed by atoms with Crippen LogP contribution in [0.4, 0.5) is 5.69 Å². The van der Waals surface area contributed by atoms with Crippen LogP contribution in [0.5, 0.6) is 0 Å². The van der Waals surface area contributed by atoms with Crippen molar-refractivity contribution in [1.29, 1.82) is 0 Å². The lowest BCUT2D eigenvalue weighted by atomic mass is 9.94. The van der Waals surface area contributed by atoms with Crippen LogP contribution in [0.3, 0.4) is 0 Å². The number of amides is 2. The fourth-order valence-electron chi connectivity index (χ4n) is 3.96. The Labute approximate surface area is 208 Å². The highest BCUT2D eigenvalue weighted by Gasteiger charge is 2.22. The van der Waals surface area contributed by atoms with Crippen LogP contribution in [0.15, 0.2) is 60.7 Å². The van der Waals surface area contributed by atoms with Gasteiger partial charge in [-0.2, -0.15) is 0 Å². The molecule has 3 aromatic carbocycles. The van der Waals surface area contributed by atoms with Gasteiger partial charge in [-0.25, -0.2) is 0 Å². The molecule has 0 spiro atoms. The van der Waals surface area contributed by atoms with Gasteiger partial charge in [0, 0.05) is 29.7 Å². The van der Waals surface area contributed by atoms with Crippen molar-refractivity contribution in [1.82, 2.24) is 10.6 Å². The smallest absolute Gasteiger partial charge is 0.253 e. The zero-order valence-electron chi connectivity index (χ0n) is 21.5. The highest BCUT2D eigenvalue weighted by atomic mass is 16.3. The lowest BCUT2D eigenvalue weighted by Crippen LogP contribution is -2.41. The summed E-state index contributed by atoms with van der Waals surface area (Å²) < 4.78 is 0. The summed E-state index contributed by atoms with van der Waals surface area (Å²) in [6, 6.07) is 18.9. The minimum absolute atomic E-state index is 0.159. The molecular weight excluding hydrogens is 438 g/mol. The maximum absolute atomic E-state index is 13.2. The number of benzene rings is 3. The predicted molar refractivity (Wildman–Crippen MR) is 143 cm³/mol. The highest BCUT2D eigenvalue weighted by Crippen LogP contribution is 2.25. The molecule has 0 aliphatic heterocycles. The van der Waals surface area contributed by atoms with Crippen LogP contribution in [0.1, 0.15) is 67.8 Å². The van der Waals surface area contributed by atoms with Crippen molar-refractivity contribution >= 4 is 28.3 Å². The highest BCUT2D eigenvalue weighted by molar-refractivity contribution is 6.08. The van der Waals surface area contributed by atoms with Crippen molar-refractivity contribution in [2.24, 2.45) is 0 Å². The Morgan fingerprint density at radius 3 is 2.09 bits per heavy atom. The molecule has 0 radical (unpaired) electrons. The number of carbonyl (C=O) groups is 2. The number of aliphatic hydroxyl groups is 1. The number of fused-ring (bicyclic) bond motifs is 1. The molecule has 0 aliphatic carbocycles. The molecule has 0 fully saturated rings. The van der Waals surface area contributed by atoms with Crippen LogP contribution in [-0.4, -0.2) is 40.6 Å². The number of carbonyl (C=O) groups excluding carboxylic acids is 2. The molecule has 4 N–H and O–H groups in total. The van der Waals surface area contributed by atoms with Crippen LogP contribution in [0.2, 0.25) is 0 Å². The lowest BCUT2D eigenvalue weighted by molar-refractivity contribution is 0.0909. The van der Waals surface area contributed by atoms with E-state index in [1.807, 2.05) is 96.1 Å². The molecule has 0 aromatic heterocycles. The largest absolute Gasteiger partial charge is 0.391 e. The summed E-state index contributed by atoms with van der Waals surface area (Å²) in [6.45, 7) is 11.9. The number of nitrogens with one attached hydrogen (secondary N) is 3. The van der Waals surface area contributed by atoms with Gasteiger partial charge in [0.15, 0.2) is 0 Å². The van der Waals surface area contributed by atoms with Gasteiger partial charge in [0.1, 0.15) is 0 Å². The normalized spacial score (nSPS) is 12.8. The van der Waals surface area contributed by atoms with Gasteiger partial charge in [-0.15, -0.1) is 0 Å². The topological polar surface area (TPSA) is 90.5 Å². The first-order chi connectivity index (χ1) is 16.3. The minimum Gasteiger partial charge on any atom is -0.391 e. The van der Waals surface area contributed by atoms with E-state index >= 15 is 0 Å². The standard InChI is InChI=1S/C29H37N3O3/c1-28(2,3)31-26(34)23-13-9-10-14-24(23)30-18-21(33)17-20-16-15-19-11-7-8-12-22(19)25(20)27(35)32-29(4,5)6/h7-16,21,30,33H,17-18H2,1-6H3,(H,31,34)(H,32,35). The van der Waals surface area contributed by atoms with E-state index in [1.54, 1.807) is 6.07 Å². The Morgan fingerprint density at radius 2 is 1.40 bits per heavy atom. The number of hydrogen-bond donors (Lipinski definition) is 4. The first-order valence-electron chi connectivity index (χ1n) is 12.0. The number of rotatable bonds is 7. The van der Waals surface area contributed by atoms with E-state index in [2.05, 4.69) is 16.0 Å². The summed E-state index contributed by atoms with van der Waals surface area (Å²) in [7, 11) is 0. The predicted octanol–water partition coefficient (Wildman–Crippen LogP) is 4.91. The van der Waals surface area contributed by atoms with Gasteiger partial charge < -0.3 is 21.1 Å². The number of aliphatic hydroxyl groups excluding tert-OH is 1. The summed E-state index contributed by atoms with van der Waals surface area (Å²) in [5, 5.41) is 22.0. The van der Waals surface area contributed by atoms with Crippen LogP contribution < -0.4 is 16.0 Å². The first-order valence-corrected chi connectivity index (χ1v) is 12.0. The third-order valence-corrected chi connectivity index (χ3v) is 5.37. The Bertz CT molecular complexity index is 1210. The van der Waals surface area contributed by atoms with Crippen molar-refractivity contribution in [3.05, 3.63) is 77.4 Å². The number of para-hydroxylation sites is 1. The molecule has 3 rings (SSSR count). The molecule has 35 heavy (non-hydrogen) atoms. The molecule has 1 unspecified atom stereocenters. The van der Waals surface area contributed by atoms with E-state index < -0.39 is 6.10 Å². The Morgan fingerprint density at radius 1 is 0.800 bits per heavy atom. The van der Waals surface area contributed by atoms with E-state index in [1.165, 1.54) is 0 Å². The monoisotopic (exact) mass is 475 g/mol. The molecule has 6 nitrogen and oxygen atoms in total. The van der Waals surface area contributed by atoms with Gasteiger partial charge in [-0.3, -0.25) is 9.59 Å². The van der Waals surface area contributed by atoms with Crippen molar-refractivity contribution in [2.45, 2.75) is 65.1 Å². The molecule has 0 aliphatic rings. The van der Waals surface area contributed by atoms with Gasteiger partial charge in [-0.1, -0.05) is 48.5 Å². The van der Waals surface area contributed by atoms with E-state index in [9.17, 15) is 14.7 Å². The lowest BCUT2D eigenvalue weighted by Gasteiger charge is -2.23. The van der Waals surface area contributed by atoms with E-state index in [4.69, 9.17) is 0 Å². The van der Waals surface area contributed by atoms with Crippen molar-refractivity contribution in [2.75, 3.05) is 11.9 Å². The fraction of sp³-hybridized carbons (Fsp3) is 0.379. The van der Waals surface area contributed by atoms with Crippen LogP contribution in [0.25, 0.3) is 10.8 Å². The zero-order chi connectivity index (χ0) is 25.8. The second kappa shape index (κ2) is 10.5. The maximum atomic E-state index is 13.2. The van der Waals surface area contributed by atoms with E-state index in [-0.39, 0.29) is 29.4 Å². The van der Waals surface area contributed by atoms with Gasteiger partial charge >= 0.3 is 0 Å². The molecule has 3 aromatic rings. The van der Waals surface area contributed by atoms with Gasteiger partial charge in [0.05, 0.1) is 17.2 Å². The molecular formula is C29H37N3O3. The molecule has 0 saturated carbocycles. The van der Waals surface area contributed by atoms with Crippen LogP contribution in [0, 0.1) is 0 Å². The average molecular weight is 476 g/mol. The Hall–Kier alpha value is -3.38.